The van der Waals surface area contributed by atoms with Crippen LogP contribution in [0.25, 0.3) is 0 Å². The van der Waals surface area contributed by atoms with E-state index in [1.54, 1.807) is 0 Å². The van der Waals surface area contributed by atoms with E-state index in [9.17, 15) is 19.5 Å². The number of nitrogens with one attached hydrogen (secondary N) is 1. The molecule has 2 unspecified atom stereocenters. The Morgan fingerprint density at radius 2 is 1.21 bits per heavy atom. The number of esters is 1. The van der Waals surface area contributed by atoms with Crippen molar-refractivity contribution >= 4 is 17.8 Å². The van der Waals surface area contributed by atoms with Crippen LogP contribution in [0.5, 0.6) is 0 Å². The summed E-state index contributed by atoms with van der Waals surface area (Å²) >= 11 is 0. The zero-order valence-corrected chi connectivity index (χ0v) is 30.8. The average Bonchev–Trinajstić information content (AvgIpc) is 3.07. The molecule has 0 spiro atoms. The highest BCUT2D eigenvalue weighted by molar-refractivity contribution is 5.83. The van der Waals surface area contributed by atoms with Gasteiger partial charge < -0.3 is 20.9 Å². The second-order valence-corrected chi connectivity index (χ2v) is 13.0. The fraction of sp³-hybridized carbons (Fsp3) is 0.732. The lowest BCUT2D eigenvalue weighted by molar-refractivity contribution is -0.147. The van der Waals surface area contributed by atoms with Gasteiger partial charge in [-0.15, -0.1) is 0 Å². The molecule has 7 nitrogen and oxygen atoms in total. The third-order valence-corrected chi connectivity index (χ3v) is 8.36. The van der Waals surface area contributed by atoms with Gasteiger partial charge in [-0.2, -0.15) is 0 Å². The number of rotatable bonds is 34. The van der Waals surface area contributed by atoms with Crippen LogP contribution in [0.3, 0.4) is 0 Å². The van der Waals surface area contributed by atoms with Crippen LogP contribution in [0, 0.1) is 0 Å². The van der Waals surface area contributed by atoms with Crippen molar-refractivity contribution in [1.82, 2.24) is 5.32 Å². The van der Waals surface area contributed by atoms with Crippen LogP contribution in [0.4, 0.5) is 0 Å². The molecule has 0 aromatic carbocycles. The Bertz CT molecular complexity index is 895. The summed E-state index contributed by atoms with van der Waals surface area (Å²) in [6.07, 6.45) is 41.6. The van der Waals surface area contributed by atoms with Crippen molar-refractivity contribution in [2.24, 2.45) is 5.73 Å². The molecule has 0 aliphatic carbocycles. The first-order valence-electron chi connectivity index (χ1n) is 19.5. The topological polar surface area (TPSA) is 119 Å². The number of carboxylic acids is 1. The van der Waals surface area contributed by atoms with Crippen LogP contribution >= 0.6 is 0 Å². The number of carbonyl (C=O) groups excluding carboxylic acids is 2. The molecule has 0 saturated heterocycles. The Labute approximate surface area is 294 Å². The summed E-state index contributed by atoms with van der Waals surface area (Å²) in [5, 5.41) is 11.9. The Kier molecular flexibility index (Phi) is 33.7. The fourth-order valence-electron chi connectivity index (χ4n) is 5.43. The van der Waals surface area contributed by atoms with Crippen LogP contribution in [0.15, 0.2) is 48.6 Å². The van der Waals surface area contributed by atoms with Gasteiger partial charge in [0.05, 0.1) is 0 Å². The molecule has 0 aliphatic rings. The van der Waals surface area contributed by atoms with E-state index in [-0.39, 0.29) is 18.0 Å². The maximum absolute atomic E-state index is 12.7. The number of ether oxygens (including phenoxy) is 1. The number of unbranched alkanes of at least 4 members (excludes halogenated alkanes) is 14. The first-order valence-corrected chi connectivity index (χ1v) is 19.5. The van der Waals surface area contributed by atoms with E-state index in [2.05, 4.69) is 67.8 Å². The van der Waals surface area contributed by atoms with E-state index in [1.165, 1.54) is 51.4 Å². The lowest BCUT2D eigenvalue weighted by atomic mass is 10.1. The largest absolute Gasteiger partial charge is 0.480 e. The van der Waals surface area contributed by atoms with Crippen LogP contribution in [0.1, 0.15) is 174 Å². The number of hydrogen-bond donors (Lipinski definition) is 3. The Hall–Kier alpha value is -2.67. The van der Waals surface area contributed by atoms with Gasteiger partial charge in [0.2, 0.25) is 5.91 Å². The van der Waals surface area contributed by atoms with Gasteiger partial charge in [0.15, 0.2) is 0 Å². The third kappa shape index (κ3) is 31.9. The molecule has 2 atom stereocenters. The standard InChI is InChI=1S/C41H72N2O5/c1-3-5-7-9-11-13-14-15-16-17-18-19-21-23-29-35-40(45)48-37(31-26-22-20-12-10-8-6-4-2)32-27-24-25-28-34-39(44)43-38(41(46)47)33-30-36-42/h5,7,11,13,15-16,26,31,37-38H,3-4,6,8-10,12,14,17-25,27-30,32-36,42H2,1-2H3,(H,43,44)(H,46,47)/b7-5-,13-11-,16-15-,31-26-. The molecular formula is C41H72N2O5. The van der Waals surface area contributed by atoms with Crippen molar-refractivity contribution in [1.29, 1.82) is 0 Å². The number of carboxylic acid groups (broad SMARTS) is 1. The monoisotopic (exact) mass is 673 g/mol. The molecular weight excluding hydrogens is 600 g/mol. The predicted octanol–water partition coefficient (Wildman–Crippen LogP) is 10.4. The van der Waals surface area contributed by atoms with Gasteiger partial charge >= 0.3 is 11.9 Å². The number of amides is 1. The third-order valence-electron chi connectivity index (χ3n) is 8.36. The molecule has 0 heterocycles. The van der Waals surface area contributed by atoms with Gasteiger partial charge in [-0.25, -0.2) is 4.79 Å². The molecule has 0 aliphatic heterocycles. The van der Waals surface area contributed by atoms with Gasteiger partial charge in [0.1, 0.15) is 12.1 Å². The lowest BCUT2D eigenvalue weighted by Gasteiger charge is -2.15. The normalized spacial score (nSPS) is 13.2. The van der Waals surface area contributed by atoms with Crippen molar-refractivity contribution in [3.63, 3.8) is 0 Å². The molecule has 0 fully saturated rings. The molecule has 0 aromatic heterocycles. The minimum Gasteiger partial charge on any atom is -0.480 e. The highest BCUT2D eigenvalue weighted by Gasteiger charge is 2.19. The smallest absolute Gasteiger partial charge is 0.326 e. The van der Waals surface area contributed by atoms with E-state index >= 15 is 0 Å². The molecule has 0 rings (SSSR count). The summed E-state index contributed by atoms with van der Waals surface area (Å²) in [4.78, 5) is 36.2. The van der Waals surface area contributed by atoms with Crippen molar-refractivity contribution in [2.45, 2.75) is 187 Å². The molecule has 276 valence electrons. The van der Waals surface area contributed by atoms with Gasteiger partial charge in [-0.05, 0) is 96.1 Å². The Morgan fingerprint density at radius 1 is 0.646 bits per heavy atom. The average molecular weight is 673 g/mol. The summed E-state index contributed by atoms with van der Waals surface area (Å²) in [5.41, 5.74) is 5.47. The van der Waals surface area contributed by atoms with Crippen molar-refractivity contribution in [3.8, 4) is 0 Å². The van der Waals surface area contributed by atoms with Gasteiger partial charge in [-0.3, -0.25) is 9.59 Å². The van der Waals surface area contributed by atoms with Gasteiger partial charge in [-0.1, -0.05) is 121 Å². The molecule has 1 amide bonds. The van der Waals surface area contributed by atoms with E-state index in [0.29, 0.717) is 38.6 Å². The molecule has 0 aromatic rings. The maximum Gasteiger partial charge on any atom is 0.326 e. The van der Waals surface area contributed by atoms with Crippen LogP contribution in [-0.2, 0) is 19.1 Å². The SMILES string of the molecule is CC/C=C\C/C=C\C/C=C\CCCCCCCC(=O)OC(/C=C\CCCCCCCC)CCCCCCC(=O)NC(CCCN)C(=O)O. The number of nitrogens with two attached hydrogens (primary N) is 1. The number of hydrogen-bond acceptors (Lipinski definition) is 5. The molecule has 0 saturated carbocycles. The maximum atomic E-state index is 12.7. The van der Waals surface area contributed by atoms with Crippen molar-refractivity contribution in [2.75, 3.05) is 6.54 Å². The molecule has 0 radical (unpaired) electrons. The minimum absolute atomic E-state index is 0.107. The Morgan fingerprint density at radius 3 is 1.85 bits per heavy atom. The lowest BCUT2D eigenvalue weighted by Crippen LogP contribution is -2.40. The zero-order chi connectivity index (χ0) is 35.3. The highest BCUT2D eigenvalue weighted by atomic mass is 16.5. The van der Waals surface area contributed by atoms with Crippen LogP contribution < -0.4 is 11.1 Å². The fourth-order valence-corrected chi connectivity index (χ4v) is 5.43. The number of aliphatic carboxylic acids is 1. The van der Waals surface area contributed by atoms with E-state index in [4.69, 9.17) is 10.5 Å². The summed E-state index contributed by atoms with van der Waals surface area (Å²) in [5.74, 6) is -1.35. The van der Waals surface area contributed by atoms with Crippen LogP contribution in [0.2, 0.25) is 0 Å². The highest BCUT2D eigenvalue weighted by Crippen LogP contribution is 2.15. The first-order chi connectivity index (χ1) is 23.4. The summed E-state index contributed by atoms with van der Waals surface area (Å²) in [6.45, 7) is 4.79. The van der Waals surface area contributed by atoms with Crippen LogP contribution in [-0.4, -0.2) is 41.6 Å². The Balaban J connectivity index is 4.35. The number of carbonyl (C=O) groups is 3. The van der Waals surface area contributed by atoms with Gasteiger partial charge in [0.25, 0.3) is 0 Å². The predicted molar refractivity (Wildman–Crippen MR) is 202 cm³/mol. The molecule has 48 heavy (non-hydrogen) atoms. The quantitative estimate of drug-likeness (QED) is 0.0356. The van der Waals surface area contributed by atoms with E-state index in [0.717, 1.165) is 77.0 Å². The van der Waals surface area contributed by atoms with E-state index < -0.39 is 12.0 Å². The molecule has 7 heteroatoms. The van der Waals surface area contributed by atoms with Crippen molar-refractivity contribution in [3.05, 3.63) is 48.6 Å². The summed E-state index contributed by atoms with van der Waals surface area (Å²) < 4.78 is 5.90. The summed E-state index contributed by atoms with van der Waals surface area (Å²) in [6, 6.07) is -0.872. The minimum atomic E-state index is -1.02. The number of allylic oxidation sites excluding steroid dienone is 7. The van der Waals surface area contributed by atoms with Gasteiger partial charge in [0, 0.05) is 12.8 Å². The second-order valence-electron chi connectivity index (χ2n) is 13.0. The van der Waals surface area contributed by atoms with E-state index in [1.807, 2.05) is 0 Å². The van der Waals surface area contributed by atoms with Crippen molar-refractivity contribution < 1.29 is 24.2 Å². The molecule has 4 N–H and O–H groups in total. The first kappa shape index (κ1) is 45.3. The summed E-state index contributed by atoms with van der Waals surface area (Å²) in [7, 11) is 0. The second kappa shape index (κ2) is 35.6. The molecule has 0 bridgehead atoms. The zero-order valence-electron chi connectivity index (χ0n) is 30.8.